The Morgan fingerprint density at radius 2 is 2.05 bits per heavy atom. The van der Waals surface area contributed by atoms with Crippen molar-refractivity contribution in [1.82, 2.24) is 10.0 Å². The molecule has 0 unspecified atom stereocenters. The molecule has 0 radical (unpaired) electrons. The van der Waals surface area contributed by atoms with Crippen LogP contribution in [0.2, 0.25) is 0 Å². The van der Waals surface area contributed by atoms with E-state index >= 15 is 0 Å². The summed E-state index contributed by atoms with van der Waals surface area (Å²) in [5.74, 6) is -0.141. The maximum Gasteiger partial charge on any atom is 0.240 e. The van der Waals surface area contributed by atoms with Crippen LogP contribution in [0.4, 0.5) is 11.4 Å². The lowest BCUT2D eigenvalue weighted by Crippen LogP contribution is -2.30. The average Bonchev–Trinajstić information content (AvgIpc) is 2.43. The third-order valence-corrected chi connectivity index (χ3v) is 4.03. The van der Waals surface area contributed by atoms with Gasteiger partial charge in [0.2, 0.25) is 15.9 Å². The highest BCUT2D eigenvalue weighted by Crippen LogP contribution is 2.22. The monoisotopic (exact) mass is 300 g/mol. The summed E-state index contributed by atoms with van der Waals surface area (Å²) in [6.07, 6.45) is 0.866. The SMILES string of the molecule is CCCNC(=O)CNc1ccc(S(=O)(=O)NC)cc1N. The fourth-order valence-electron chi connectivity index (χ4n) is 1.49. The predicted octanol–water partition coefficient (Wildman–Crippen LogP) is 0.115. The second-order valence-corrected chi connectivity index (χ2v) is 6.05. The van der Waals surface area contributed by atoms with Crippen molar-refractivity contribution in [3.05, 3.63) is 18.2 Å². The Balaban J connectivity index is 2.72. The lowest BCUT2D eigenvalue weighted by atomic mass is 10.2. The van der Waals surface area contributed by atoms with Crippen LogP contribution in [-0.4, -0.2) is 34.5 Å². The van der Waals surface area contributed by atoms with Crippen molar-refractivity contribution in [1.29, 1.82) is 0 Å². The molecule has 5 N–H and O–H groups in total. The summed E-state index contributed by atoms with van der Waals surface area (Å²) < 4.78 is 25.4. The van der Waals surface area contributed by atoms with Gasteiger partial charge in [-0.15, -0.1) is 0 Å². The fraction of sp³-hybridized carbons (Fsp3) is 0.417. The molecule has 0 fully saturated rings. The molecule has 8 heteroatoms. The van der Waals surface area contributed by atoms with E-state index in [0.29, 0.717) is 12.2 Å². The van der Waals surface area contributed by atoms with Gasteiger partial charge in [0.05, 0.1) is 22.8 Å². The molecule has 0 saturated carbocycles. The zero-order chi connectivity index (χ0) is 15.2. The lowest BCUT2D eigenvalue weighted by Gasteiger charge is -2.11. The Labute approximate surface area is 119 Å². The Bertz CT molecular complexity index is 572. The van der Waals surface area contributed by atoms with Gasteiger partial charge in [0.25, 0.3) is 0 Å². The van der Waals surface area contributed by atoms with Gasteiger partial charge in [0.1, 0.15) is 0 Å². The number of rotatable bonds is 7. The van der Waals surface area contributed by atoms with Crippen LogP contribution in [0.1, 0.15) is 13.3 Å². The minimum absolute atomic E-state index is 0.0819. The zero-order valence-electron chi connectivity index (χ0n) is 11.6. The third-order valence-electron chi connectivity index (χ3n) is 2.61. The number of nitrogen functional groups attached to an aromatic ring is 1. The van der Waals surface area contributed by atoms with Crippen molar-refractivity contribution < 1.29 is 13.2 Å². The van der Waals surface area contributed by atoms with Gasteiger partial charge in [-0.05, 0) is 31.7 Å². The van der Waals surface area contributed by atoms with E-state index in [-0.39, 0.29) is 23.0 Å². The van der Waals surface area contributed by atoms with Crippen LogP contribution in [0.3, 0.4) is 0 Å². The first-order valence-corrected chi connectivity index (χ1v) is 7.72. The van der Waals surface area contributed by atoms with Gasteiger partial charge < -0.3 is 16.4 Å². The van der Waals surface area contributed by atoms with Crippen molar-refractivity contribution >= 4 is 27.3 Å². The smallest absolute Gasteiger partial charge is 0.240 e. The molecule has 0 heterocycles. The summed E-state index contributed by atoms with van der Waals surface area (Å²) in [5.41, 5.74) is 6.56. The van der Waals surface area contributed by atoms with Crippen LogP contribution in [0.15, 0.2) is 23.1 Å². The largest absolute Gasteiger partial charge is 0.397 e. The van der Waals surface area contributed by atoms with E-state index in [9.17, 15) is 13.2 Å². The molecule has 0 atom stereocenters. The molecular weight excluding hydrogens is 280 g/mol. The van der Waals surface area contributed by atoms with E-state index in [4.69, 9.17) is 5.73 Å². The quantitative estimate of drug-likeness (QED) is 0.534. The van der Waals surface area contributed by atoms with Gasteiger partial charge in [-0.3, -0.25) is 4.79 Å². The molecule has 0 aliphatic heterocycles. The Morgan fingerprint density at radius 3 is 2.60 bits per heavy atom. The van der Waals surface area contributed by atoms with E-state index in [1.54, 1.807) is 0 Å². The standard InChI is InChI=1S/C12H20N4O3S/c1-3-6-15-12(17)8-16-11-5-4-9(7-10(11)13)20(18,19)14-2/h4-5,7,14,16H,3,6,8,13H2,1-2H3,(H,15,17). The van der Waals surface area contributed by atoms with Crippen LogP contribution < -0.4 is 21.1 Å². The van der Waals surface area contributed by atoms with E-state index in [0.717, 1.165) is 6.42 Å². The molecule has 1 aromatic carbocycles. The summed E-state index contributed by atoms with van der Waals surface area (Å²) in [7, 11) is -2.19. The average molecular weight is 300 g/mol. The Kier molecular flexibility index (Phi) is 5.78. The number of nitrogens with two attached hydrogens (primary N) is 1. The molecule has 1 aromatic rings. The number of benzene rings is 1. The second kappa shape index (κ2) is 7.11. The second-order valence-electron chi connectivity index (χ2n) is 4.16. The first-order valence-electron chi connectivity index (χ1n) is 6.24. The number of amides is 1. The maximum atomic E-state index is 11.6. The summed E-state index contributed by atoms with van der Waals surface area (Å²) in [4.78, 5) is 11.5. The molecule has 0 spiro atoms. The molecule has 0 bridgehead atoms. The lowest BCUT2D eigenvalue weighted by molar-refractivity contribution is -0.119. The summed E-state index contributed by atoms with van der Waals surface area (Å²) in [6, 6.07) is 4.30. The summed E-state index contributed by atoms with van der Waals surface area (Å²) in [6.45, 7) is 2.67. The molecule has 0 aliphatic carbocycles. The molecule has 20 heavy (non-hydrogen) atoms. The highest BCUT2D eigenvalue weighted by Gasteiger charge is 2.13. The number of hydrogen-bond donors (Lipinski definition) is 4. The number of hydrogen-bond acceptors (Lipinski definition) is 5. The van der Waals surface area contributed by atoms with E-state index < -0.39 is 10.0 Å². The fourth-order valence-corrected chi connectivity index (χ4v) is 2.25. The van der Waals surface area contributed by atoms with Crippen molar-refractivity contribution in [3.63, 3.8) is 0 Å². The van der Waals surface area contributed by atoms with Gasteiger partial charge in [-0.2, -0.15) is 0 Å². The van der Waals surface area contributed by atoms with Crippen molar-refractivity contribution in [3.8, 4) is 0 Å². The predicted molar refractivity (Wildman–Crippen MR) is 78.9 cm³/mol. The van der Waals surface area contributed by atoms with Gasteiger partial charge >= 0.3 is 0 Å². The van der Waals surface area contributed by atoms with Crippen molar-refractivity contribution in [2.75, 3.05) is 31.2 Å². The zero-order valence-corrected chi connectivity index (χ0v) is 12.4. The molecule has 0 aliphatic rings. The Morgan fingerprint density at radius 1 is 1.35 bits per heavy atom. The van der Waals surface area contributed by atoms with Crippen LogP contribution in [-0.2, 0) is 14.8 Å². The Hall–Kier alpha value is -1.80. The third kappa shape index (κ3) is 4.39. The van der Waals surface area contributed by atoms with Gasteiger partial charge in [0, 0.05) is 6.54 Å². The van der Waals surface area contributed by atoms with E-state index in [2.05, 4.69) is 15.4 Å². The van der Waals surface area contributed by atoms with Crippen LogP contribution in [0.25, 0.3) is 0 Å². The molecular formula is C12H20N4O3S. The van der Waals surface area contributed by atoms with Crippen molar-refractivity contribution in [2.24, 2.45) is 0 Å². The van der Waals surface area contributed by atoms with E-state index in [1.807, 2.05) is 6.92 Å². The van der Waals surface area contributed by atoms with Crippen LogP contribution in [0.5, 0.6) is 0 Å². The first-order chi connectivity index (χ1) is 9.40. The van der Waals surface area contributed by atoms with Gasteiger partial charge in [-0.1, -0.05) is 6.92 Å². The van der Waals surface area contributed by atoms with Crippen LogP contribution in [0, 0.1) is 0 Å². The molecule has 7 nitrogen and oxygen atoms in total. The highest BCUT2D eigenvalue weighted by atomic mass is 32.2. The molecule has 1 amide bonds. The van der Waals surface area contributed by atoms with Crippen molar-refractivity contribution in [2.45, 2.75) is 18.2 Å². The molecule has 112 valence electrons. The number of anilines is 2. The first kappa shape index (κ1) is 16.3. The topological polar surface area (TPSA) is 113 Å². The minimum Gasteiger partial charge on any atom is -0.397 e. The number of nitrogens with one attached hydrogen (secondary N) is 3. The molecule has 0 aromatic heterocycles. The minimum atomic E-state index is -3.52. The number of sulfonamides is 1. The number of carbonyl (C=O) groups is 1. The maximum absolute atomic E-state index is 11.6. The normalized spacial score (nSPS) is 11.1. The summed E-state index contributed by atoms with van der Waals surface area (Å²) >= 11 is 0. The van der Waals surface area contributed by atoms with Gasteiger partial charge in [-0.25, -0.2) is 13.1 Å². The molecule has 0 saturated heterocycles. The summed E-state index contributed by atoms with van der Waals surface area (Å²) in [5, 5.41) is 5.58. The van der Waals surface area contributed by atoms with E-state index in [1.165, 1.54) is 25.2 Å². The van der Waals surface area contributed by atoms with Gasteiger partial charge in [0.15, 0.2) is 0 Å². The molecule has 1 rings (SSSR count). The number of carbonyl (C=O) groups excluding carboxylic acids is 1. The van der Waals surface area contributed by atoms with Crippen LogP contribution >= 0.6 is 0 Å². The highest BCUT2D eigenvalue weighted by molar-refractivity contribution is 7.89.